The van der Waals surface area contributed by atoms with E-state index >= 15 is 0 Å². The Labute approximate surface area is 152 Å². The van der Waals surface area contributed by atoms with Crippen LogP contribution < -0.4 is 5.32 Å². The molecule has 0 radical (unpaired) electrons. The highest BCUT2D eigenvalue weighted by molar-refractivity contribution is 6.02. The third-order valence-electron chi connectivity index (χ3n) is 4.68. The first-order valence-corrected chi connectivity index (χ1v) is 8.46. The van der Waals surface area contributed by atoms with E-state index in [1.54, 1.807) is 24.3 Å². The summed E-state index contributed by atoms with van der Waals surface area (Å²) in [5, 5.41) is 3.28. The highest BCUT2D eigenvalue weighted by atomic mass is 19.4. The van der Waals surface area contributed by atoms with Gasteiger partial charge in [-0.15, -0.1) is 0 Å². The Bertz CT molecular complexity index is 732. The summed E-state index contributed by atoms with van der Waals surface area (Å²) in [6.45, 7) is 1.86. The summed E-state index contributed by atoms with van der Waals surface area (Å²) >= 11 is 0. The van der Waals surface area contributed by atoms with E-state index in [9.17, 15) is 18.0 Å². The van der Waals surface area contributed by atoms with Gasteiger partial charge in [0.05, 0.1) is 5.56 Å². The van der Waals surface area contributed by atoms with E-state index < -0.39 is 11.7 Å². The fraction of sp³-hybridized carbons (Fsp3) is 0.381. The molecule has 2 nitrogen and oxygen atoms in total. The zero-order valence-corrected chi connectivity index (χ0v) is 13.8. The van der Waals surface area contributed by atoms with E-state index in [0.29, 0.717) is 29.0 Å². The van der Waals surface area contributed by atoms with Crippen LogP contribution in [0.15, 0.2) is 48.5 Å². The van der Waals surface area contributed by atoms with Crippen LogP contribution in [0.3, 0.4) is 0 Å². The largest absolute Gasteiger partial charge is 0.416 e. The van der Waals surface area contributed by atoms with Crippen LogP contribution in [-0.2, 0) is 6.18 Å². The molecule has 1 fully saturated rings. The zero-order valence-electron chi connectivity index (χ0n) is 13.8. The average Bonchev–Trinajstić information content (AvgIpc) is 2.62. The Kier molecular flexibility index (Phi) is 6.59. The third-order valence-corrected chi connectivity index (χ3v) is 4.68. The van der Waals surface area contributed by atoms with Crippen molar-refractivity contribution in [3.05, 3.63) is 59.7 Å². The van der Waals surface area contributed by atoms with Crippen LogP contribution in [0.2, 0.25) is 0 Å². The molecule has 2 aromatic carbocycles. The molecule has 5 heteroatoms. The maximum atomic E-state index is 12.7. The average molecular weight is 363 g/mol. The SMILES string of the molecule is C.O=C(CC1CCNCC1)c1ccccc1-c1ccc(C(F)(F)F)cc1. The molecule has 0 bridgehead atoms. The minimum Gasteiger partial charge on any atom is -0.317 e. The fourth-order valence-electron chi connectivity index (χ4n) is 3.27. The summed E-state index contributed by atoms with van der Waals surface area (Å²) < 4.78 is 38.2. The number of hydrogen-bond acceptors (Lipinski definition) is 2. The molecule has 3 rings (SSSR count). The molecular formula is C21H24F3NO. The Hall–Kier alpha value is -2.14. The van der Waals surface area contributed by atoms with Crippen molar-refractivity contribution in [2.75, 3.05) is 13.1 Å². The number of carbonyl (C=O) groups is 1. The van der Waals surface area contributed by atoms with E-state index in [1.165, 1.54) is 12.1 Å². The molecule has 1 heterocycles. The highest BCUT2D eigenvalue weighted by Crippen LogP contribution is 2.32. The van der Waals surface area contributed by atoms with Gasteiger partial charge < -0.3 is 5.32 Å². The van der Waals surface area contributed by atoms with Crippen LogP contribution in [0, 0.1) is 5.92 Å². The van der Waals surface area contributed by atoms with Gasteiger partial charge in [0.25, 0.3) is 0 Å². The molecule has 0 unspecified atom stereocenters. The van der Waals surface area contributed by atoms with E-state index in [2.05, 4.69) is 5.32 Å². The second kappa shape index (κ2) is 8.49. The minimum atomic E-state index is -4.36. The summed E-state index contributed by atoms with van der Waals surface area (Å²) in [4.78, 5) is 12.7. The van der Waals surface area contributed by atoms with Crippen molar-refractivity contribution in [3.63, 3.8) is 0 Å². The first-order valence-electron chi connectivity index (χ1n) is 8.46. The first kappa shape index (κ1) is 20.2. The van der Waals surface area contributed by atoms with E-state index in [-0.39, 0.29) is 13.2 Å². The van der Waals surface area contributed by atoms with E-state index in [0.717, 1.165) is 38.1 Å². The molecule has 0 saturated carbocycles. The van der Waals surface area contributed by atoms with Crippen LogP contribution >= 0.6 is 0 Å². The van der Waals surface area contributed by atoms with Crippen molar-refractivity contribution in [1.29, 1.82) is 0 Å². The van der Waals surface area contributed by atoms with Gasteiger partial charge in [-0.05, 0) is 55.1 Å². The molecule has 0 atom stereocenters. The molecule has 140 valence electrons. The second-order valence-electron chi connectivity index (χ2n) is 6.44. The standard InChI is InChI=1S/C20H20F3NO.CH4/c21-20(22,23)16-7-5-15(6-8-16)17-3-1-2-4-18(17)19(25)13-14-9-11-24-12-10-14;/h1-8,14,24H,9-13H2;1H4. The smallest absolute Gasteiger partial charge is 0.317 e. The minimum absolute atomic E-state index is 0. The van der Waals surface area contributed by atoms with Crippen molar-refractivity contribution in [2.24, 2.45) is 5.92 Å². The lowest BCUT2D eigenvalue weighted by Crippen LogP contribution is -2.29. The van der Waals surface area contributed by atoms with Crippen LogP contribution in [0.25, 0.3) is 11.1 Å². The molecule has 0 amide bonds. The molecule has 1 aliphatic heterocycles. The van der Waals surface area contributed by atoms with E-state index in [4.69, 9.17) is 0 Å². The number of ketones is 1. The molecule has 26 heavy (non-hydrogen) atoms. The molecule has 1 aliphatic rings. The van der Waals surface area contributed by atoms with Gasteiger partial charge >= 0.3 is 6.18 Å². The lowest BCUT2D eigenvalue weighted by molar-refractivity contribution is -0.137. The maximum absolute atomic E-state index is 12.7. The summed E-state index contributed by atoms with van der Waals surface area (Å²) in [6.07, 6.45) is -1.91. The van der Waals surface area contributed by atoms with Gasteiger partial charge in [0.1, 0.15) is 0 Å². The summed E-state index contributed by atoms with van der Waals surface area (Å²) in [6, 6.07) is 12.1. The van der Waals surface area contributed by atoms with Crippen LogP contribution in [0.1, 0.15) is 42.6 Å². The van der Waals surface area contributed by atoms with Gasteiger partial charge in [-0.25, -0.2) is 0 Å². The Morgan fingerprint density at radius 2 is 1.62 bits per heavy atom. The number of hydrogen-bond donors (Lipinski definition) is 1. The zero-order chi connectivity index (χ0) is 17.9. The predicted molar refractivity (Wildman–Crippen MR) is 98.2 cm³/mol. The molecule has 0 aromatic heterocycles. The first-order chi connectivity index (χ1) is 11.9. The Balaban J connectivity index is 0.00000243. The predicted octanol–water partition coefficient (Wildman–Crippen LogP) is 5.58. The normalized spacial score (nSPS) is 15.3. The monoisotopic (exact) mass is 363 g/mol. The number of piperidine rings is 1. The van der Waals surface area contributed by atoms with Crippen molar-refractivity contribution in [1.82, 2.24) is 5.32 Å². The number of benzene rings is 2. The molecule has 2 aromatic rings. The number of rotatable bonds is 4. The second-order valence-corrected chi connectivity index (χ2v) is 6.44. The molecule has 0 spiro atoms. The van der Waals surface area contributed by atoms with Gasteiger partial charge in [-0.2, -0.15) is 13.2 Å². The van der Waals surface area contributed by atoms with Crippen molar-refractivity contribution in [2.45, 2.75) is 32.9 Å². The van der Waals surface area contributed by atoms with Gasteiger partial charge in [0.2, 0.25) is 0 Å². The quantitative estimate of drug-likeness (QED) is 0.719. The lowest BCUT2D eigenvalue weighted by Gasteiger charge is -2.22. The molecule has 0 aliphatic carbocycles. The number of Topliss-reactive ketones (excluding diaryl/α,β-unsaturated/α-hetero) is 1. The van der Waals surface area contributed by atoms with Gasteiger partial charge in [0.15, 0.2) is 5.78 Å². The fourth-order valence-corrected chi connectivity index (χ4v) is 3.27. The van der Waals surface area contributed by atoms with Gasteiger partial charge in [-0.3, -0.25) is 4.79 Å². The Morgan fingerprint density at radius 1 is 1.00 bits per heavy atom. The summed E-state index contributed by atoms with van der Waals surface area (Å²) in [5.74, 6) is 0.428. The lowest BCUT2D eigenvalue weighted by atomic mass is 9.88. The number of nitrogens with one attached hydrogen (secondary N) is 1. The van der Waals surface area contributed by atoms with Crippen LogP contribution in [0.5, 0.6) is 0 Å². The molecular weight excluding hydrogens is 339 g/mol. The number of carbonyl (C=O) groups excluding carboxylic acids is 1. The highest BCUT2D eigenvalue weighted by Gasteiger charge is 2.30. The van der Waals surface area contributed by atoms with E-state index in [1.807, 2.05) is 0 Å². The van der Waals surface area contributed by atoms with Gasteiger partial charge in [-0.1, -0.05) is 43.8 Å². The molecule has 1 N–H and O–H groups in total. The summed E-state index contributed by atoms with van der Waals surface area (Å²) in [7, 11) is 0. The van der Waals surface area contributed by atoms with Crippen molar-refractivity contribution >= 4 is 5.78 Å². The maximum Gasteiger partial charge on any atom is 0.416 e. The van der Waals surface area contributed by atoms with Gasteiger partial charge in [0, 0.05) is 12.0 Å². The van der Waals surface area contributed by atoms with Crippen molar-refractivity contribution in [3.8, 4) is 11.1 Å². The Morgan fingerprint density at radius 3 is 2.23 bits per heavy atom. The topological polar surface area (TPSA) is 29.1 Å². The molecule has 1 saturated heterocycles. The third kappa shape index (κ3) is 4.73. The summed E-state index contributed by atoms with van der Waals surface area (Å²) in [5.41, 5.74) is 1.22. The number of halogens is 3. The number of alkyl halides is 3. The van der Waals surface area contributed by atoms with Crippen LogP contribution in [0.4, 0.5) is 13.2 Å². The van der Waals surface area contributed by atoms with Crippen LogP contribution in [-0.4, -0.2) is 18.9 Å². The van der Waals surface area contributed by atoms with Crippen molar-refractivity contribution < 1.29 is 18.0 Å².